The van der Waals surface area contributed by atoms with E-state index < -0.39 is 24.5 Å². The summed E-state index contributed by atoms with van der Waals surface area (Å²) in [6.07, 6.45) is 0.666. The first-order valence-corrected chi connectivity index (χ1v) is 12.1. The molecule has 1 aromatic heterocycles. The van der Waals surface area contributed by atoms with E-state index in [9.17, 15) is 24.3 Å². The van der Waals surface area contributed by atoms with Gasteiger partial charge < -0.3 is 20.3 Å². The number of carbonyl (C=O) groups excluding carboxylic acids is 4. The summed E-state index contributed by atoms with van der Waals surface area (Å²) in [6, 6.07) is 17.7. The molecule has 184 valence electrons. The Labute approximate surface area is 211 Å². The van der Waals surface area contributed by atoms with Crippen molar-refractivity contribution in [3.63, 3.8) is 0 Å². The zero-order chi connectivity index (χ0) is 25.7. The van der Waals surface area contributed by atoms with Gasteiger partial charge in [-0.2, -0.15) is 0 Å². The lowest BCUT2D eigenvalue weighted by molar-refractivity contribution is -0.135. The van der Waals surface area contributed by atoms with Crippen molar-refractivity contribution in [1.29, 1.82) is 0 Å². The molecule has 0 spiro atoms. The molecule has 6 rings (SSSR count). The Bertz CT molecular complexity index is 1620. The number of ketones is 2. The Morgan fingerprint density at radius 1 is 0.919 bits per heavy atom. The summed E-state index contributed by atoms with van der Waals surface area (Å²) < 4.78 is 0. The second kappa shape index (κ2) is 8.83. The van der Waals surface area contributed by atoms with Gasteiger partial charge >= 0.3 is 0 Å². The summed E-state index contributed by atoms with van der Waals surface area (Å²) in [5.74, 6) is -1.62. The molecule has 0 radical (unpaired) electrons. The minimum Gasteiger partial charge on any atom is -0.394 e. The summed E-state index contributed by atoms with van der Waals surface area (Å²) in [6.45, 7) is 0.245. The van der Waals surface area contributed by atoms with Crippen LogP contribution >= 0.6 is 0 Å². The standard InChI is InChI=1S/C29H23N3O5/c33-15-25(29(37)32-12-11-18-17-5-3-4-8-23(17)30-24(18)14-32)31-28(36)16-9-10-21-22(13-16)27(35)20-7-2-1-6-19(20)26(21)34/h1-10,13,25,30,33H,11-12,14-15H2,(H,31,36). The van der Waals surface area contributed by atoms with E-state index in [1.165, 1.54) is 23.8 Å². The fourth-order valence-electron chi connectivity index (χ4n) is 5.27. The minimum atomic E-state index is -1.15. The molecule has 4 aromatic rings. The lowest BCUT2D eigenvalue weighted by Gasteiger charge is -2.30. The largest absolute Gasteiger partial charge is 0.394 e. The molecule has 0 fully saturated rings. The molecule has 37 heavy (non-hydrogen) atoms. The van der Waals surface area contributed by atoms with Crippen LogP contribution in [0.2, 0.25) is 0 Å². The molecule has 1 unspecified atom stereocenters. The predicted octanol–water partition coefficient (Wildman–Crippen LogP) is 2.62. The maximum absolute atomic E-state index is 13.2. The van der Waals surface area contributed by atoms with Crippen molar-refractivity contribution in [3.05, 3.63) is 106 Å². The van der Waals surface area contributed by atoms with Crippen LogP contribution < -0.4 is 5.32 Å². The van der Waals surface area contributed by atoms with Gasteiger partial charge in [-0.25, -0.2) is 0 Å². The maximum Gasteiger partial charge on any atom is 0.252 e. The average molecular weight is 494 g/mol. The molecular formula is C29H23N3O5. The monoisotopic (exact) mass is 493 g/mol. The fraction of sp³-hybridized carbons (Fsp3) is 0.172. The molecule has 1 aliphatic carbocycles. The molecule has 8 heteroatoms. The molecule has 3 aromatic carbocycles. The number of H-pyrrole nitrogens is 1. The van der Waals surface area contributed by atoms with E-state index in [2.05, 4.69) is 10.3 Å². The number of fused-ring (bicyclic) bond motifs is 5. The molecule has 0 saturated heterocycles. The van der Waals surface area contributed by atoms with Gasteiger partial charge in [-0.3, -0.25) is 19.2 Å². The van der Waals surface area contributed by atoms with Crippen molar-refractivity contribution < 1.29 is 24.3 Å². The van der Waals surface area contributed by atoms with Crippen LogP contribution in [0.4, 0.5) is 0 Å². The summed E-state index contributed by atoms with van der Waals surface area (Å²) >= 11 is 0. The number of carbonyl (C=O) groups is 4. The smallest absolute Gasteiger partial charge is 0.252 e. The molecular weight excluding hydrogens is 470 g/mol. The Morgan fingerprint density at radius 3 is 2.35 bits per heavy atom. The second-order valence-electron chi connectivity index (χ2n) is 9.31. The summed E-state index contributed by atoms with van der Waals surface area (Å²) in [4.78, 5) is 57.1. The summed E-state index contributed by atoms with van der Waals surface area (Å²) in [5.41, 5.74) is 4.27. The quantitative estimate of drug-likeness (QED) is 0.356. The van der Waals surface area contributed by atoms with Gasteiger partial charge in [0.2, 0.25) is 5.91 Å². The fourth-order valence-corrected chi connectivity index (χ4v) is 5.27. The van der Waals surface area contributed by atoms with Crippen molar-refractivity contribution >= 4 is 34.3 Å². The van der Waals surface area contributed by atoms with E-state index in [1.54, 1.807) is 29.2 Å². The number of nitrogens with one attached hydrogen (secondary N) is 2. The second-order valence-corrected chi connectivity index (χ2v) is 9.31. The van der Waals surface area contributed by atoms with Crippen molar-refractivity contribution in [1.82, 2.24) is 15.2 Å². The first-order chi connectivity index (χ1) is 18.0. The number of benzene rings is 3. The first kappa shape index (κ1) is 22.9. The van der Waals surface area contributed by atoms with E-state index in [-0.39, 0.29) is 28.3 Å². The highest BCUT2D eigenvalue weighted by Crippen LogP contribution is 2.29. The number of aromatic nitrogens is 1. The molecule has 8 nitrogen and oxygen atoms in total. The average Bonchev–Trinajstić information content (AvgIpc) is 3.31. The van der Waals surface area contributed by atoms with Gasteiger partial charge in [0.25, 0.3) is 5.91 Å². The van der Waals surface area contributed by atoms with Crippen LogP contribution in [-0.4, -0.2) is 57.6 Å². The molecule has 3 N–H and O–H groups in total. The third-order valence-electron chi connectivity index (χ3n) is 7.17. The van der Waals surface area contributed by atoms with Crippen LogP contribution in [0.3, 0.4) is 0 Å². The number of amides is 2. The third-order valence-corrected chi connectivity index (χ3v) is 7.17. The van der Waals surface area contributed by atoms with Crippen molar-refractivity contribution in [2.24, 2.45) is 0 Å². The number of rotatable bonds is 4. The normalized spacial score (nSPS) is 15.1. The van der Waals surface area contributed by atoms with Gasteiger partial charge in [0.05, 0.1) is 13.2 Å². The number of aliphatic hydroxyl groups excluding tert-OH is 1. The van der Waals surface area contributed by atoms with Crippen LogP contribution in [-0.2, 0) is 17.8 Å². The number of nitrogens with zero attached hydrogens (tertiary/aromatic N) is 1. The lowest BCUT2D eigenvalue weighted by atomic mass is 9.83. The number of aliphatic hydroxyl groups is 1. The van der Waals surface area contributed by atoms with E-state index in [1.807, 2.05) is 24.3 Å². The zero-order valence-corrected chi connectivity index (χ0v) is 19.8. The molecule has 2 amide bonds. The Balaban J connectivity index is 1.20. The van der Waals surface area contributed by atoms with Gasteiger partial charge in [0, 0.05) is 51.0 Å². The zero-order valence-electron chi connectivity index (χ0n) is 19.8. The highest BCUT2D eigenvalue weighted by Gasteiger charge is 2.32. The lowest BCUT2D eigenvalue weighted by Crippen LogP contribution is -2.51. The predicted molar refractivity (Wildman–Crippen MR) is 136 cm³/mol. The Morgan fingerprint density at radius 2 is 1.59 bits per heavy atom. The summed E-state index contributed by atoms with van der Waals surface area (Å²) in [5, 5.41) is 13.7. The SMILES string of the molecule is O=C(NC(CO)C(=O)N1CCc2c([nH]c3ccccc23)C1)c1ccc2c(c1)C(=O)c1ccccc1C2=O. The topological polar surface area (TPSA) is 120 Å². The van der Waals surface area contributed by atoms with Gasteiger partial charge in [-0.05, 0) is 36.2 Å². The number of hydrogen-bond acceptors (Lipinski definition) is 5. The van der Waals surface area contributed by atoms with E-state index in [4.69, 9.17) is 0 Å². The highest BCUT2D eigenvalue weighted by atomic mass is 16.3. The van der Waals surface area contributed by atoms with Crippen molar-refractivity contribution in [3.8, 4) is 0 Å². The number of aromatic amines is 1. The molecule has 0 bridgehead atoms. The van der Waals surface area contributed by atoms with Gasteiger partial charge in [-0.15, -0.1) is 0 Å². The third kappa shape index (κ3) is 3.73. The molecule has 1 aliphatic heterocycles. The highest BCUT2D eigenvalue weighted by molar-refractivity contribution is 6.28. The van der Waals surface area contributed by atoms with E-state index in [0.29, 0.717) is 30.6 Å². The van der Waals surface area contributed by atoms with E-state index in [0.717, 1.165) is 16.6 Å². The van der Waals surface area contributed by atoms with Gasteiger partial charge in [-0.1, -0.05) is 42.5 Å². The number of para-hydroxylation sites is 1. The van der Waals surface area contributed by atoms with Crippen molar-refractivity contribution in [2.45, 2.75) is 19.0 Å². The van der Waals surface area contributed by atoms with Gasteiger partial charge in [0.1, 0.15) is 6.04 Å². The van der Waals surface area contributed by atoms with Crippen LogP contribution in [0.25, 0.3) is 10.9 Å². The Hall–Kier alpha value is -4.56. The van der Waals surface area contributed by atoms with Crippen LogP contribution in [0.1, 0.15) is 53.5 Å². The van der Waals surface area contributed by atoms with Crippen LogP contribution in [0.15, 0.2) is 66.7 Å². The molecule has 0 saturated carbocycles. The molecule has 2 aliphatic rings. The summed E-state index contributed by atoms with van der Waals surface area (Å²) in [7, 11) is 0. The van der Waals surface area contributed by atoms with Gasteiger partial charge in [0.15, 0.2) is 11.6 Å². The Kier molecular flexibility index (Phi) is 5.46. The van der Waals surface area contributed by atoms with Crippen LogP contribution in [0.5, 0.6) is 0 Å². The molecule has 1 atom stereocenters. The van der Waals surface area contributed by atoms with E-state index >= 15 is 0 Å². The number of hydrogen-bond donors (Lipinski definition) is 3. The van der Waals surface area contributed by atoms with Crippen LogP contribution in [0, 0.1) is 0 Å². The van der Waals surface area contributed by atoms with Crippen molar-refractivity contribution in [2.75, 3.05) is 13.2 Å². The minimum absolute atomic E-state index is 0.127. The molecule has 2 heterocycles. The first-order valence-electron chi connectivity index (χ1n) is 12.1. The maximum atomic E-state index is 13.2.